The molecule has 0 heterocycles. The van der Waals surface area contributed by atoms with E-state index < -0.39 is 0 Å². The second-order valence-electron chi connectivity index (χ2n) is 4.97. The van der Waals surface area contributed by atoms with Gasteiger partial charge in [0.25, 0.3) is 0 Å². The van der Waals surface area contributed by atoms with E-state index in [1.165, 1.54) is 23.5 Å². The quantitative estimate of drug-likeness (QED) is 0.515. The van der Waals surface area contributed by atoms with Gasteiger partial charge in [-0.25, -0.2) is 0 Å². The Bertz CT molecular complexity index is 673. The number of phenolic OH excluding ortho intramolecular Hbond substituents is 1. The zero-order valence-electron chi connectivity index (χ0n) is 12.7. The number of hydrogen-bond donors (Lipinski definition) is 2. The number of aryl methyl sites for hydroxylation is 2. The zero-order chi connectivity index (χ0) is 15.9. The standard InChI is InChI=1S/C17H19N3OS/c1-12-8-13(2)15(16(21)9-12)10-19-20-17(18)22-11-14-6-4-3-5-7-14/h3-10,21H,11H2,1-2H3,(H2,18,20). The summed E-state index contributed by atoms with van der Waals surface area (Å²) in [6.07, 6.45) is 1.53. The van der Waals surface area contributed by atoms with Crippen LogP contribution in [-0.2, 0) is 5.75 Å². The van der Waals surface area contributed by atoms with Crippen LogP contribution >= 0.6 is 11.8 Å². The predicted molar refractivity (Wildman–Crippen MR) is 94.5 cm³/mol. The van der Waals surface area contributed by atoms with E-state index in [9.17, 15) is 5.11 Å². The normalized spacial score (nSPS) is 12.0. The van der Waals surface area contributed by atoms with Crippen molar-refractivity contribution in [2.45, 2.75) is 19.6 Å². The molecule has 0 aliphatic heterocycles. The van der Waals surface area contributed by atoms with Crippen LogP contribution in [0.15, 0.2) is 52.7 Å². The number of amidine groups is 1. The number of nitrogens with zero attached hydrogens (tertiary/aromatic N) is 2. The molecule has 0 atom stereocenters. The van der Waals surface area contributed by atoms with Crippen LogP contribution in [0, 0.1) is 13.8 Å². The largest absolute Gasteiger partial charge is 0.507 e. The molecule has 5 heteroatoms. The molecule has 0 saturated carbocycles. The monoisotopic (exact) mass is 313 g/mol. The van der Waals surface area contributed by atoms with Crippen molar-refractivity contribution >= 4 is 23.1 Å². The molecule has 0 aliphatic rings. The van der Waals surface area contributed by atoms with Gasteiger partial charge in [0.2, 0.25) is 0 Å². The Morgan fingerprint density at radius 3 is 2.64 bits per heavy atom. The molecule has 0 spiro atoms. The number of thioether (sulfide) groups is 1. The van der Waals surface area contributed by atoms with Gasteiger partial charge in [-0.3, -0.25) is 0 Å². The van der Waals surface area contributed by atoms with Crippen molar-refractivity contribution < 1.29 is 5.11 Å². The molecule has 0 fully saturated rings. The number of nitrogens with two attached hydrogens (primary N) is 1. The van der Waals surface area contributed by atoms with Gasteiger partial charge in [0.05, 0.1) is 6.21 Å². The van der Waals surface area contributed by atoms with E-state index in [1.807, 2.05) is 50.2 Å². The van der Waals surface area contributed by atoms with Crippen molar-refractivity contribution in [3.8, 4) is 5.75 Å². The van der Waals surface area contributed by atoms with Crippen LogP contribution in [-0.4, -0.2) is 16.5 Å². The summed E-state index contributed by atoms with van der Waals surface area (Å²) in [7, 11) is 0. The minimum atomic E-state index is 0.201. The second-order valence-corrected chi connectivity index (χ2v) is 5.97. The summed E-state index contributed by atoms with van der Waals surface area (Å²) in [6.45, 7) is 3.86. The summed E-state index contributed by atoms with van der Waals surface area (Å²) in [4.78, 5) is 0. The third-order valence-electron chi connectivity index (χ3n) is 3.08. The maximum absolute atomic E-state index is 9.91. The predicted octanol–water partition coefficient (Wildman–Crippen LogP) is 3.59. The number of phenols is 1. The van der Waals surface area contributed by atoms with Gasteiger partial charge in [0, 0.05) is 11.3 Å². The Hall–Kier alpha value is -2.27. The first-order chi connectivity index (χ1) is 10.6. The van der Waals surface area contributed by atoms with Crippen LogP contribution in [0.4, 0.5) is 0 Å². The third-order valence-corrected chi connectivity index (χ3v) is 3.94. The van der Waals surface area contributed by atoms with Gasteiger partial charge in [-0.2, -0.15) is 5.10 Å². The van der Waals surface area contributed by atoms with Crippen molar-refractivity contribution in [3.05, 3.63) is 64.7 Å². The highest BCUT2D eigenvalue weighted by Gasteiger charge is 2.03. The summed E-state index contributed by atoms with van der Waals surface area (Å²) in [5, 5.41) is 18.2. The number of rotatable bonds is 4. The molecular formula is C17H19N3OS. The van der Waals surface area contributed by atoms with Crippen LogP contribution in [0.5, 0.6) is 5.75 Å². The maximum Gasteiger partial charge on any atom is 0.180 e. The highest BCUT2D eigenvalue weighted by molar-refractivity contribution is 8.13. The smallest absolute Gasteiger partial charge is 0.180 e. The minimum Gasteiger partial charge on any atom is -0.507 e. The lowest BCUT2D eigenvalue weighted by atomic mass is 10.1. The van der Waals surface area contributed by atoms with Gasteiger partial charge < -0.3 is 10.8 Å². The second kappa shape index (κ2) is 7.66. The summed E-state index contributed by atoms with van der Waals surface area (Å²) < 4.78 is 0. The van der Waals surface area contributed by atoms with Crippen molar-refractivity contribution in [1.82, 2.24) is 0 Å². The van der Waals surface area contributed by atoms with Crippen LogP contribution in [0.2, 0.25) is 0 Å². The molecular weight excluding hydrogens is 294 g/mol. The van der Waals surface area contributed by atoms with E-state index >= 15 is 0 Å². The van der Waals surface area contributed by atoms with Crippen LogP contribution in [0.1, 0.15) is 22.3 Å². The van der Waals surface area contributed by atoms with E-state index in [-0.39, 0.29) is 5.75 Å². The van der Waals surface area contributed by atoms with E-state index in [1.54, 1.807) is 6.07 Å². The zero-order valence-corrected chi connectivity index (χ0v) is 13.5. The Balaban J connectivity index is 1.99. The van der Waals surface area contributed by atoms with E-state index in [0.717, 1.165) is 16.9 Å². The Labute approximate surface area is 134 Å². The highest BCUT2D eigenvalue weighted by atomic mass is 32.2. The van der Waals surface area contributed by atoms with Crippen molar-refractivity contribution in [1.29, 1.82) is 0 Å². The van der Waals surface area contributed by atoms with Crippen molar-refractivity contribution in [2.24, 2.45) is 15.9 Å². The summed E-state index contributed by atoms with van der Waals surface area (Å²) in [6, 6.07) is 13.7. The van der Waals surface area contributed by atoms with Crippen LogP contribution in [0.25, 0.3) is 0 Å². The molecule has 2 aromatic rings. The molecule has 0 bridgehead atoms. The Morgan fingerprint density at radius 1 is 1.23 bits per heavy atom. The molecule has 2 rings (SSSR count). The van der Waals surface area contributed by atoms with E-state index in [4.69, 9.17) is 5.73 Å². The summed E-state index contributed by atoms with van der Waals surface area (Å²) in [5.41, 5.74) is 9.63. The van der Waals surface area contributed by atoms with E-state index in [2.05, 4.69) is 10.2 Å². The first kappa shape index (κ1) is 16.1. The first-order valence-electron chi connectivity index (χ1n) is 6.89. The molecule has 114 valence electrons. The number of benzene rings is 2. The molecule has 0 saturated heterocycles. The Kier molecular flexibility index (Phi) is 5.61. The molecule has 0 aromatic heterocycles. The van der Waals surface area contributed by atoms with Gasteiger partial charge in [-0.1, -0.05) is 48.2 Å². The van der Waals surface area contributed by atoms with Crippen molar-refractivity contribution in [2.75, 3.05) is 0 Å². The highest BCUT2D eigenvalue weighted by Crippen LogP contribution is 2.21. The lowest BCUT2D eigenvalue weighted by molar-refractivity contribution is 0.473. The fourth-order valence-corrected chi connectivity index (χ4v) is 2.64. The molecule has 22 heavy (non-hydrogen) atoms. The van der Waals surface area contributed by atoms with E-state index in [0.29, 0.717) is 10.7 Å². The van der Waals surface area contributed by atoms with Gasteiger partial charge in [0.15, 0.2) is 5.17 Å². The van der Waals surface area contributed by atoms with Crippen LogP contribution < -0.4 is 5.73 Å². The molecule has 4 nitrogen and oxygen atoms in total. The Morgan fingerprint density at radius 2 is 1.95 bits per heavy atom. The molecule has 0 aliphatic carbocycles. The SMILES string of the molecule is Cc1cc(C)c(C=NN=C(N)SCc2ccccc2)c(O)c1. The van der Waals surface area contributed by atoms with Crippen LogP contribution in [0.3, 0.4) is 0 Å². The molecule has 0 amide bonds. The van der Waals surface area contributed by atoms with Gasteiger partial charge in [0.1, 0.15) is 5.75 Å². The average molecular weight is 313 g/mol. The lowest BCUT2D eigenvalue weighted by Crippen LogP contribution is -2.06. The number of hydrogen-bond acceptors (Lipinski definition) is 4. The van der Waals surface area contributed by atoms with Gasteiger partial charge >= 0.3 is 0 Å². The summed E-state index contributed by atoms with van der Waals surface area (Å²) in [5.74, 6) is 0.951. The molecule has 3 N–H and O–H groups in total. The maximum atomic E-state index is 9.91. The summed E-state index contributed by atoms with van der Waals surface area (Å²) >= 11 is 1.43. The van der Waals surface area contributed by atoms with Crippen molar-refractivity contribution in [3.63, 3.8) is 0 Å². The first-order valence-corrected chi connectivity index (χ1v) is 7.88. The third kappa shape index (κ3) is 4.63. The fraction of sp³-hybridized carbons (Fsp3) is 0.176. The van der Waals surface area contributed by atoms with Gasteiger partial charge in [-0.05, 0) is 36.6 Å². The minimum absolute atomic E-state index is 0.201. The molecule has 0 radical (unpaired) electrons. The van der Waals surface area contributed by atoms with Gasteiger partial charge in [-0.15, -0.1) is 5.10 Å². The number of aromatic hydroxyl groups is 1. The molecule has 2 aromatic carbocycles. The fourth-order valence-electron chi connectivity index (χ4n) is 2.03. The molecule has 0 unspecified atom stereocenters. The average Bonchev–Trinajstić information content (AvgIpc) is 2.49. The lowest BCUT2D eigenvalue weighted by Gasteiger charge is -2.04. The topological polar surface area (TPSA) is 71.0 Å².